The molecule has 0 saturated carbocycles. The minimum atomic E-state index is 0.355. The molecule has 0 bridgehead atoms. The van der Waals surface area contributed by atoms with Crippen LogP contribution in [0.4, 0.5) is 0 Å². The maximum absolute atomic E-state index is 8.54. The Morgan fingerprint density at radius 3 is 2.83 bits per heavy atom. The number of benzene rings is 1. The molecule has 0 saturated heterocycles. The summed E-state index contributed by atoms with van der Waals surface area (Å²) in [4.78, 5) is 0. The van der Waals surface area contributed by atoms with Crippen LogP contribution >= 0.6 is 0 Å². The van der Waals surface area contributed by atoms with E-state index in [4.69, 9.17) is 5.26 Å². The highest BCUT2D eigenvalue weighted by molar-refractivity contribution is 5.78. The maximum Gasteiger partial charge on any atom is 0.163 e. The number of rotatable bonds is 0. The lowest BCUT2D eigenvalue weighted by molar-refractivity contribution is 1.05. The first kappa shape index (κ1) is 6.74. The van der Waals surface area contributed by atoms with Crippen molar-refractivity contribution in [2.24, 2.45) is 0 Å². The maximum atomic E-state index is 8.54. The lowest BCUT2D eigenvalue weighted by Gasteiger charge is -1.93. The van der Waals surface area contributed by atoms with E-state index >= 15 is 0 Å². The molecule has 0 radical (unpaired) electrons. The van der Waals surface area contributed by atoms with Gasteiger partial charge in [0.25, 0.3) is 0 Å². The lowest BCUT2D eigenvalue weighted by Crippen LogP contribution is -1.87. The van der Waals surface area contributed by atoms with E-state index in [9.17, 15) is 0 Å². The van der Waals surface area contributed by atoms with Crippen molar-refractivity contribution in [1.29, 1.82) is 5.26 Å². The van der Waals surface area contributed by atoms with Crippen LogP contribution in [-0.2, 0) is 0 Å². The number of fused-ring (bicyclic) bond motifs is 1. The molecule has 3 heteroatoms. The zero-order valence-electron chi connectivity index (χ0n) is 6.23. The fourth-order valence-electron chi connectivity index (χ4n) is 1.04. The number of nitriles is 1. The highest BCUT2D eigenvalue weighted by atomic mass is 15.1. The zero-order chi connectivity index (χ0) is 8.39. The summed E-state index contributed by atoms with van der Waals surface area (Å²) in [6.45, 7) is 0. The Labute approximate surface area is 69.3 Å². The smallest absolute Gasteiger partial charge is 0.163 e. The van der Waals surface area contributed by atoms with Crippen molar-refractivity contribution >= 4 is 10.9 Å². The van der Waals surface area contributed by atoms with Crippen LogP contribution in [0.1, 0.15) is 5.69 Å². The molecule has 0 atom stereocenters. The summed E-state index contributed by atoms with van der Waals surface area (Å²) < 4.78 is 0. The van der Waals surface area contributed by atoms with Crippen molar-refractivity contribution in [2.75, 3.05) is 0 Å². The fraction of sp³-hybridized carbons (Fsp3) is 0. The topological polar surface area (TPSA) is 49.6 Å². The number of aromatic nitrogens is 2. The predicted molar refractivity (Wildman–Crippen MR) is 44.3 cm³/mol. The van der Waals surface area contributed by atoms with Gasteiger partial charge in [-0.2, -0.15) is 5.26 Å². The molecule has 0 aliphatic rings. The van der Waals surface area contributed by atoms with E-state index in [0.717, 1.165) is 10.9 Å². The summed E-state index contributed by atoms with van der Waals surface area (Å²) in [6, 6.07) is 11.2. The second-order valence-corrected chi connectivity index (χ2v) is 2.40. The molecular weight excluding hydrogens is 150 g/mol. The van der Waals surface area contributed by atoms with Gasteiger partial charge in [-0.1, -0.05) is 18.2 Å². The quantitative estimate of drug-likeness (QED) is 0.579. The molecule has 2 aromatic rings. The van der Waals surface area contributed by atoms with Gasteiger partial charge in [-0.15, -0.1) is 10.2 Å². The number of nitrogens with zero attached hydrogens (tertiary/aromatic N) is 3. The summed E-state index contributed by atoms with van der Waals surface area (Å²) in [6.07, 6.45) is 0. The average molecular weight is 155 g/mol. The van der Waals surface area contributed by atoms with Crippen LogP contribution in [0.15, 0.2) is 30.3 Å². The molecule has 56 valence electrons. The van der Waals surface area contributed by atoms with Crippen LogP contribution in [0.5, 0.6) is 0 Å². The Morgan fingerprint density at radius 1 is 1.17 bits per heavy atom. The van der Waals surface area contributed by atoms with Crippen LogP contribution in [0, 0.1) is 11.3 Å². The van der Waals surface area contributed by atoms with Crippen LogP contribution < -0.4 is 0 Å². The van der Waals surface area contributed by atoms with Crippen molar-refractivity contribution in [3.8, 4) is 6.07 Å². The molecule has 0 unspecified atom stereocenters. The highest BCUT2D eigenvalue weighted by Gasteiger charge is 1.95. The van der Waals surface area contributed by atoms with E-state index in [1.54, 1.807) is 6.07 Å². The highest BCUT2D eigenvalue weighted by Crippen LogP contribution is 2.09. The van der Waals surface area contributed by atoms with Gasteiger partial charge in [-0.25, -0.2) is 0 Å². The van der Waals surface area contributed by atoms with Crippen LogP contribution in [0.25, 0.3) is 10.9 Å². The molecule has 3 nitrogen and oxygen atoms in total. The Balaban J connectivity index is 2.78. The minimum absolute atomic E-state index is 0.355. The van der Waals surface area contributed by atoms with Gasteiger partial charge in [0.1, 0.15) is 6.07 Å². The lowest BCUT2D eigenvalue weighted by atomic mass is 10.2. The molecule has 1 aromatic carbocycles. The van der Waals surface area contributed by atoms with Gasteiger partial charge in [0.15, 0.2) is 5.69 Å². The summed E-state index contributed by atoms with van der Waals surface area (Å²) in [5, 5.41) is 17.1. The van der Waals surface area contributed by atoms with Crippen molar-refractivity contribution in [3.63, 3.8) is 0 Å². The number of hydrogen-bond acceptors (Lipinski definition) is 3. The number of hydrogen-bond donors (Lipinski definition) is 0. The monoisotopic (exact) mass is 155 g/mol. The Morgan fingerprint density at radius 2 is 2.00 bits per heavy atom. The average Bonchev–Trinajstić information content (AvgIpc) is 2.17. The van der Waals surface area contributed by atoms with Crippen LogP contribution in [0.2, 0.25) is 0 Å². The van der Waals surface area contributed by atoms with Gasteiger partial charge in [0.05, 0.1) is 5.52 Å². The Bertz CT molecular complexity index is 457. The third-order valence-corrected chi connectivity index (χ3v) is 1.61. The van der Waals surface area contributed by atoms with Crippen molar-refractivity contribution in [3.05, 3.63) is 36.0 Å². The summed E-state index contributed by atoms with van der Waals surface area (Å²) in [5.74, 6) is 0. The van der Waals surface area contributed by atoms with E-state index in [1.807, 2.05) is 30.3 Å². The summed E-state index contributed by atoms with van der Waals surface area (Å²) in [7, 11) is 0. The zero-order valence-corrected chi connectivity index (χ0v) is 6.23. The molecule has 12 heavy (non-hydrogen) atoms. The van der Waals surface area contributed by atoms with Crippen molar-refractivity contribution < 1.29 is 0 Å². The fourth-order valence-corrected chi connectivity index (χ4v) is 1.04. The first-order valence-electron chi connectivity index (χ1n) is 3.53. The van der Waals surface area contributed by atoms with E-state index in [-0.39, 0.29) is 0 Å². The largest absolute Gasteiger partial charge is 0.191 e. The molecule has 0 N–H and O–H groups in total. The molecule has 0 aliphatic heterocycles. The molecule has 2 rings (SSSR count). The molecule has 1 heterocycles. The van der Waals surface area contributed by atoms with Crippen molar-refractivity contribution in [2.45, 2.75) is 0 Å². The van der Waals surface area contributed by atoms with Gasteiger partial charge in [0.2, 0.25) is 0 Å². The normalized spacial score (nSPS) is 9.58. The van der Waals surface area contributed by atoms with Crippen LogP contribution in [-0.4, -0.2) is 10.2 Å². The molecular formula is C9H5N3. The van der Waals surface area contributed by atoms with E-state index in [1.165, 1.54) is 0 Å². The third kappa shape index (κ3) is 0.995. The first-order chi connectivity index (χ1) is 5.90. The second-order valence-electron chi connectivity index (χ2n) is 2.40. The summed E-state index contributed by atoms with van der Waals surface area (Å²) in [5.41, 5.74) is 1.17. The SMILES string of the molecule is N#Cc1cc2ccccc2nn1. The molecule has 0 spiro atoms. The van der Waals surface area contributed by atoms with E-state index in [0.29, 0.717) is 5.69 Å². The first-order valence-corrected chi connectivity index (χ1v) is 3.53. The van der Waals surface area contributed by atoms with Gasteiger partial charge in [-0.3, -0.25) is 0 Å². The van der Waals surface area contributed by atoms with Gasteiger partial charge >= 0.3 is 0 Å². The third-order valence-electron chi connectivity index (χ3n) is 1.61. The minimum Gasteiger partial charge on any atom is -0.191 e. The molecule has 0 fully saturated rings. The van der Waals surface area contributed by atoms with Gasteiger partial charge in [0, 0.05) is 5.39 Å². The van der Waals surface area contributed by atoms with Crippen molar-refractivity contribution in [1.82, 2.24) is 10.2 Å². The van der Waals surface area contributed by atoms with Crippen LogP contribution in [0.3, 0.4) is 0 Å². The molecule has 1 aromatic heterocycles. The summed E-state index contributed by atoms with van der Waals surface area (Å²) >= 11 is 0. The van der Waals surface area contributed by atoms with Gasteiger partial charge in [-0.05, 0) is 12.1 Å². The Kier molecular flexibility index (Phi) is 1.45. The van der Waals surface area contributed by atoms with Gasteiger partial charge < -0.3 is 0 Å². The predicted octanol–water partition coefficient (Wildman–Crippen LogP) is 1.50. The van der Waals surface area contributed by atoms with E-state index in [2.05, 4.69) is 10.2 Å². The second kappa shape index (κ2) is 2.59. The molecule has 0 aliphatic carbocycles. The van der Waals surface area contributed by atoms with E-state index < -0.39 is 0 Å². The Hall–Kier alpha value is -1.95. The molecule has 0 amide bonds. The standard InChI is InChI=1S/C9H5N3/c10-6-8-5-7-3-1-2-4-9(7)12-11-8/h1-5H.